The van der Waals surface area contributed by atoms with E-state index in [0.29, 0.717) is 12.0 Å². The van der Waals surface area contributed by atoms with Gasteiger partial charge in [-0.2, -0.15) is 0 Å². The topological polar surface area (TPSA) is 94.0 Å². The molecule has 1 saturated heterocycles. The standard InChI is InChI=1S/C28H33N3S.C4H6O4/c1-20(2)26-17-24-25(19-32-26)23-11-7-8-14-29-27(23)28(24)31-16-15-30(3)22(18-31)13-12-21-9-5-4-6-10-21;5-3(6)1-2-4(7)8/h4-11,14,17,20,22H,12-13,15-16,18-19H2,1-3H3;1-2H2,(H,5,6)(H,7,8)/t22-;/m0./s1. The lowest BCUT2D eigenvalue weighted by Crippen LogP contribution is -2.51. The maximum atomic E-state index is 9.64. The van der Waals surface area contributed by atoms with Crippen LogP contribution in [-0.4, -0.2) is 64.8 Å². The van der Waals surface area contributed by atoms with Crippen molar-refractivity contribution in [3.8, 4) is 11.3 Å². The number of hydrogen-bond acceptors (Lipinski definition) is 6. The normalized spacial score (nSPS) is 17.1. The Hall–Kier alpha value is -3.36. The molecule has 8 heteroatoms. The number of thioether (sulfide) groups is 1. The van der Waals surface area contributed by atoms with Crippen molar-refractivity contribution < 1.29 is 19.8 Å². The Morgan fingerprint density at radius 3 is 2.40 bits per heavy atom. The minimum atomic E-state index is -1.08. The van der Waals surface area contributed by atoms with Gasteiger partial charge in [-0.15, -0.1) is 11.8 Å². The van der Waals surface area contributed by atoms with Gasteiger partial charge in [0.2, 0.25) is 0 Å². The maximum absolute atomic E-state index is 9.64. The fourth-order valence-corrected chi connectivity index (χ4v) is 6.43. The van der Waals surface area contributed by atoms with E-state index in [4.69, 9.17) is 15.2 Å². The highest BCUT2D eigenvalue weighted by Gasteiger charge is 2.33. The van der Waals surface area contributed by atoms with Gasteiger partial charge in [-0.3, -0.25) is 19.5 Å². The van der Waals surface area contributed by atoms with Gasteiger partial charge in [0.25, 0.3) is 0 Å². The molecule has 1 aromatic carbocycles. The van der Waals surface area contributed by atoms with E-state index >= 15 is 0 Å². The fraction of sp³-hybridized carbons (Fsp3) is 0.406. The largest absolute Gasteiger partial charge is 0.481 e. The Bertz CT molecular complexity index is 1300. The quantitative estimate of drug-likeness (QED) is 0.340. The van der Waals surface area contributed by atoms with Gasteiger partial charge in [-0.05, 0) is 54.0 Å². The molecule has 1 atom stereocenters. The Labute approximate surface area is 241 Å². The van der Waals surface area contributed by atoms with E-state index in [1.54, 1.807) is 0 Å². The van der Waals surface area contributed by atoms with Crippen molar-refractivity contribution in [3.63, 3.8) is 0 Å². The van der Waals surface area contributed by atoms with E-state index in [-0.39, 0.29) is 12.8 Å². The summed E-state index contributed by atoms with van der Waals surface area (Å²) in [6, 6.07) is 17.9. The molecule has 0 spiro atoms. The summed E-state index contributed by atoms with van der Waals surface area (Å²) in [6.45, 7) is 7.82. The minimum absolute atomic E-state index is 0.296. The molecular weight excluding hydrogens is 522 g/mol. The highest BCUT2D eigenvalue weighted by atomic mass is 32.2. The monoisotopic (exact) mass is 561 g/mol. The van der Waals surface area contributed by atoms with Crippen molar-refractivity contribution in [2.24, 2.45) is 5.92 Å². The first-order chi connectivity index (χ1) is 19.2. The number of anilines is 1. The summed E-state index contributed by atoms with van der Waals surface area (Å²) in [7, 11) is 2.29. The molecule has 1 aromatic rings. The number of aliphatic carboxylic acids is 2. The number of carboxylic acids is 2. The third-order valence-corrected chi connectivity index (χ3v) is 8.90. The fourth-order valence-electron chi connectivity index (χ4n) is 5.27. The number of aromatic nitrogens is 1. The lowest BCUT2D eigenvalue weighted by molar-refractivity contribution is -0.143. The predicted molar refractivity (Wildman–Crippen MR) is 163 cm³/mol. The van der Waals surface area contributed by atoms with E-state index in [1.807, 2.05) is 24.0 Å². The molecule has 40 heavy (non-hydrogen) atoms. The first-order valence-electron chi connectivity index (χ1n) is 13.9. The van der Waals surface area contributed by atoms with Crippen LogP contribution in [-0.2, 0) is 21.8 Å². The lowest BCUT2D eigenvalue weighted by atomic mass is 10.0. The molecule has 4 aliphatic rings. The number of allylic oxidation sites excluding steroid dienone is 1. The second-order valence-electron chi connectivity index (χ2n) is 10.7. The van der Waals surface area contributed by atoms with Crippen LogP contribution >= 0.6 is 11.8 Å². The maximum Gasteiger partial charge on any atom is 0.303 e. The summed E-state index contributed by atoms with van der Waals surface area (Å²) >= 11 is 2.00. The Morgan fingerprint density at radius 1 is 1.02 bits per heavy atom. The molecule has 5 rings (SSSR count). The number of likely N-dealkylation sites (N-methyl/N-ethyl adjacent to an activating group) is 1. The number of nitrogens with zero attached hydrogens (tertiary/aromatic N) is 3. The Balaban J connectivity index is 0.000000406. The SMILES string of the molecule is CC(C)C1=Cc2c(c3ccccnc-3c2N2CCN(C)[C@@H](CCc3ccccc3)C2)CS1.O=C(O)CCC(=O)O. The summed E-state index contributed by atoms with van der Waals surface area (Å²) in [5.41, 5.74) is 8.19. The molecule has 1 fully saturated rings. The molecule has 0 saturated carbocycles. The van der Waals surface area contributed by atoms with Crippen LogP contribution in [0.2, 0.25) is 0 Å². The summed E-state index contributed by atoms with van der Waals surface area (Å²) in [5, 5.41) is 15.8. The van der Waals surface area contributed by atoms with Gasteiger partial charge in [-0.25, -0.2) is 0 Å². The van der Waals surface area contributed by atoms with Gasteiger partial charge in [0.1, 0.15) is 0 Å². The average Bonchev–Trinajstić information content (AvgIpc) is 3.06. The number of aryl methyl sites for hydroxylation is 1. The van der Waals surface area contributed by atoms with Crippen molar-refractivity contribution in [2.75, 3.05) is 31.6 Å². The van der Waals surface area contributed by atoms with Crippen molar-refractivity contribution in [2.45, 2.75) is 51.3 Å². The van der Waals surface area contributed by atoms with Gasteiger partial charge in [-0.1, -0.05) is 56.3 Å². The molecule has 0 amide bonds. The van der Waals surface area contributed by atoms with Crippen LogP contribution < -0.4 is 4.90 Å². The molecule has 0 unspecified atom stereocenters. The van der Waals surface area contributed by atoms with Crippen molar-refractivity contribution in [3.05, 3.63) is 76.3 Å². The average molecular weight is 562 g/mol. The van der Waals surface area contributed by atoms with Crippen molar-refractivity contribution in [1.82, 2.24) is 9.88 Å². The number of carboxylic acid groups (broad SMARTS) is 2. The number of carbonyl (C=O) groups is 2. The molecule has 1 aliphatic carbocycles. The Kier molecular flexibility index (Phi) is 10.2. The molecular formula is C32H39N3O4S. The predicted octanol–water partition coefficient (Wildman–Crippen LogP) is 6.12. The van der Waals surface area contributed by atoms with Crippen LogP contribution in [0.25, 0.3) is 17.3 Å². The molecule has 0 radical (unpaired) electrons. The summed E-state index contributed by atoms with van der Waals surface area (Å²) < 4.78 is 0. The summed E-state index contributed by atoms with van der Waals surface area (Å²) in [5.74, 6) is -0.541. The highest BCUT2D eigenvalue weighted by Crippen LogP contribution is 2.49. The zero-order valence-corrected chi connectivity index (χ0v) is 24.4. The van der Waals surface area contributed by atoms with Gasteiger partial charge in [0.05, 0.1) is 24.2 Å². The second-order valence-corrected chi connectivity index (χ2v) is 11.8. The van der Waals surface area contributed by atoms with Gasteiger partial charge >= 0.3 is 11.9 Å². The van der Waals surface area contributed by atoms with E-state index in [0.717, 1.165) is 31.8 Å². The third-order valence-electron chi connectivity index (χ3n) is 7.54. The van der Waals surface area contributed by atoms with Gasteiger partial charge in [0, 0.05) is 48.8 Å². The van der Waals surface area contributed by atoms with Gasteiger partial charge in [0.15, 0.2) is 0 Å². The van der Waals surface area contributed by atoms with E-state index in [2.05, 4.69) is 79.2 Å². The number of piperazine rings is 1. The zero-order valence-electron chi connectivity index (χ0n) is 23.5. The Morgan fingerprint density at radius 2 is 1.73 bits per heavy atom. The summed E-state index contributed by atoms with van der Waals surface area (Å²) in [4.78, 5) is 30.9. The smallest absolute Gasteiger partial charge is 0.303 e. The minimum Gasteiger partial charge on any atom is -0.481 e. The molecule has 7 nitrogen and oxygen atoms in total. The number of benzene rings is 1. The molecule has 3 heterocycles. The van der Waals surface area contributed by atoms with Crippen LogP contribution in [0.1, 0.15) is 49.8 Å². The van der Waals surface area contributed by atoms with Crippen LogP contribution in [0.4, 0.5) is 5.69 Å². The first kappa shape index (κ1) is 29.6. The number of hydrogen-bond donors (Lipinski definition) is 2. The third kappa shape index (κ3) is 7.43. The van der Waals surface area contributed by atoms with Crippen LogP contribution in [0.5, 0.6) is 0 Å². The van der Waals surface area contributed by atoms with Gasteiger partial charge < -0.3 is 15.1 Å². The second kappa shape index (κ2) is 13.8. The molecule has 0 aromatic heterocycles. The zero-order chi connectivity index (χ0) is 28.6. The highest BCUT2D eigenvalue weighted by molar-refractivity contribution is 8.02. The summed E-state index contributed by atoms with van der Waals surface area (Å²) in [6.07, 6.45) is 6.14. The lowest BCUT2D eigenvalue weighted by Gasteiger charge is -2.41. The number of rotatable bonds is 8. The van der Waals surface area contributed by atoms with E-state index < -0.39 is 11.9 Å². The molecule has 212 valence electrons. The molecule has 2 N–H and O–H groups in total. The van der Waals surface area contributed by atoms with Crippen LogP contribution in [0.3, 0.4) is 0 Å². The molecule has 3 aliphatic heterocycles. The van der Waals surface area contributed by atoms with Crippen LogP contribution in [0, 0.1) is 5.92 Å². The number of fused-ring (bicyclic) bond motifs is 3. The van der Waals surface area contributed by atoms with E-state index in [9.17, 15) is 9.59 Å². The first-order valence-corrected chi connectivity index (χ1v) is 14.9. The molecule has 0 bridgehead atoms. The van der Waals surface area contributed by atoms with E-state index in [1.165, 1.54) is 45.0 Å². The van der Waals surface area contributed by atoms with Crippen LogP contribution in [0.15, 0.2) is 59.6 Å². The van der Waals surface area contributed by atoms with Crippen molar-refractivity contribution >= 4 is 35.5 Å². The van der Waals surface area contributed by atoms with Crippen molar-refractivity contribution in [1.29, 1.82) is 0 Å².